The van der Waals surface area contributed by atoms with Crippen molar-refractivity contribution in [1.82, 2.24) is 14.1 Å². The van der Waals surface area contributed by atoms with Gasteiger partial charge < -0.3 is 5.73 Å². The Labute approximate surface area is 114 Å². The van der Waals surface area contributed by atoms with Crippen molar-refractivity contribution < 1.29 is 8.42 Å². The highest BCUT2D eigenvalue weighted by Gasteiger charge is 2.30. The Morgan fingerprint density at radius 3 is 3.00 bits per heavy atom. The largest absolute Gasteiger partial charge is 0.329 e. The molecule has 6 nitrogen and oxygen atoms in total. The molecule has 0 amide bonds. The molecule has 7 heteroatoms. The molecule has 1 saturated heterocycles. The first-order chi connectivity index (χ1) is 9.07. The van der Waals surface area contributed by atoms with Crippen molar-refractivity contribution in [2.75, 3.05) is 19.6 Å². The van der Waals surface area contributed by atoms with Gasteiger partial charge in [-0.25, -0.2) is 8.42 Å². The maximum absolute atomic E-state index is 12.5. The van der Waals surface area contributed by atoms with E-state index >= 15 is 0 Å². The fraction of sp³-hybridized carbons (Fsp3) is 0.750. The smallest absolute Gasteiger partial charge is 0.246 e. The minimum atomic E-state index is -3.39. The summed E-state index contributed by atoms with van der Waals surface area (Å²) < 4.78 is 28.2. The summed E-state index contributed by atoms with van der Waals surface area (Å²) in [6.45, 7) is 4.33. The number of piperidine rings is 1. The Morgan fingerprint density at radius 2 is 2.32 bits per heavy atom. The fourth-order valence-electron chi connectivity index (χ4n) is 2.46. The maximum atomic E-state index is 12.5. The third-order valence-corrected chi connectivity index (χ3v) is 5.48. The second-order valence-electron chi connectivity index (χ2n) is 5.01. The summed E-state index contributed by atoms with van der Waals surface area (Å²) in [7, 11) is -3.39. The molecule has 0 spiro atoms. The van der Waals surface area contributed by atoms with E-state index in [1.54, 1.807) is 15.2 Å². The predicted octanol–water partition coefficient (Wildman–Crippen LogP) is 0.653. The van der Waals surface area contributed by atoms with E-state index in [4.69, 9.17) is 5.73 Å². The molecule has 1 aromatic heterocycles. The topological polar surface area (TPSA) is 81.2 Å². The lowest BCUT2D eigenvalue weighted by molar-refractivity contribution is 0.261. The van der Waals surface area contributed by atoms with Crippen LogP contribution in [-0.4, -0.2) is 42.1 Å². The van der Waals surface area contributed by atoms with Gasteiger partial charge in [-0.3, -0.25) is 4.68 Å². The van der Waals surface area contributed by atoms with E-state index in [0.29, 0.717) is 32.1 Å². The van der Waals surface area contributed by atoms with Gasteiger partial charge >= 0.3 is 0 Å². The van der Waals surface area contributed by atoms with Crippen LogP contribution in [0.5, 0.6) is 0 Å². The quantitative estimate of drug-likeness (QED) is 0.862. The van der Waals surface area contributed by atoms with Crippen molar-refractivity contribution in [3.8, 4) is 0 Å². The first kappa shape index (κ1) is 14.5. The number of sulfonamides is 1. The van der Waals surface area contributed by atoms with Crippen LogP contribution in [0.4, 0.5) is 0 Å². The Bertz CT molecular complexity index is 512. The van der Waals surface area contributed by atoms with E-state index in [1.165, 1.54) is 6.20 Å². The molecular weight excluding hydrogens is 264 g/mol. The molecule has 108 valence electrons. The molecule has 1 unspecified atom stereocenters. The zero-order valence-electron chi connectivity index (χ0n) is 11.3. The average Bonchev–Trinajstić information content (AvgIpc) is 2.88. The second-order valence-corrected chi connectivity index (χ2v) is 6.95. The minimum absolute atomic E-state index is 0.276. The van der Waals surface area contributed by atoms with Crippen LogP contribution < -0.4 is 5.73 Å². The van der Waals surface area contributed by atoms with Crippen LogP contribution in [0.25, 0.3) is 0 Å². The molecule has 1 fully saturated rings. The first-order valence-corrected chi connectivity index (χ1v) is 8.24. The van der Waals surface area contributed by atoms with Crippen LogP contribution in [0.2, 0.25) is 0 Å². The highest BCUT2D eigenvalue weighted by molar-refractivity contribution is 7.89. The van der Waals surface area contributed by atoms with E-state index < -0.39 is 10.0 Å². The summed E-state index contributed by atoms with van der Waals surface area (Å²) in [6, 6.07) is 0. The molecule has 0 radical (unpaired) electrons. The fourth-order valence-corrected chi connectivity index (χ4v) is 3.97. The minimum Gasteiger partial charge on any atom is -0.329 e. The van der Waals surface area contributed by atoms with Crippen molar-refractivity contribution in [1.29, 1.82) is 0 Å². The molecule has 0 aliphatic carbocycles. The molecule has 1 aliphatic heterocycles. The molecule has 2 N–H and O–H groups in total. The van der Waals surface area contributed by atoms with Crippen LogP contribution in [0.3, 0.4) is 0 Å². The number of nitrogens with two attached hydrogens (primary N) is 1. The lowest BCUT2D eigenvalue weighted by Gasteiger charge is -2.30. The highest BCUT2D eigenvalue weighted by atomic mass is 32.2. The van der Waals surface area contributed by atoms with Gasteiger partial charge in [0.1, 0.15) is 4.90 Å². The first-order valence-electron chi connectivity index (χ1n) is 6.80. The summed E-state index contributed by atoms with van der Waals surface area (Å²) in [5.41, 5.74) is 5.44. The number of nitrogens with zero attached hydrogens (tertiary/aromatic N) is 3. The SMILES string of the molecule is CCC1CCCN(S(=O)(=O)c2cnn(CCN)c2)C1. The number of rotatable bonds is 5. The lowest BCUT2D eigenvalue weighted by Crippen LogP contribution is -2.39. The van der Waals surface area contributed by atoms with Gasteiger partial charge in [0, 0.05) is 25.8 Å². The molecule has 2 rings (SSSR count). The second kappa shape index (κ2) is 6.02. The van der Waals surface area contributed by atoms with Crippen LogP contribution >= 0.6 is 0 Å². The summed E-state index contributed by atoms with van der Waals surface area (Å²) in [6.07, 6.45) is 6.07. The molecule has 1 atom stereocenters. The molecule has 19 heavy (non-hydrogen) atoms. The Kier molecular flexibility index (Phi) is 4.59. The summed E-state index contributed by atoms with van der Waals surface area (Å²) in [4.78, 5) is 0.276. The Balaban J connectivity index is 2.16. The standard InChI is InChI=1S/C12H22N4O2S/c1-2-11-4-3-6-16(9-11)19(17,18)12-8-14-15(10-12)7-5-13/h8,10-11H,2-7,9,13H2,1H3. The van der Waals surface area contributed by atoms with Gasteiger partial charge in [-0.05, 0) is 18.8 Å². The Hall–Kier alpha value is -0.920. The monoisotopic (exact) mass is 286 g/mol. The van der Waals surface area contributed by atoms with E-state index in [9.17, 15) is 8.42 Å². The van der Waals surface area contributed by atoms with E-state index in [0.717, 1.165) is 19.3 Å². The van der Waals surface area contributed by atoms with Crippen LogP contribution in [-0.2, 0) is 16.6 Å². The van der Waals surface area contributed by atoms with Crippen molar-refractivity contribution >= 4 is 10.0 Å². The zero-order chi connectivity index (χ0) is 13.9. The predicted molar refractivity (Wildman–Crippen MR) is 73.1 cm³/mol. The number of hydrogen-bond acceptors (Lipinski definition) is 4. The van der Waals surface area contributed by atoms with Crippen molar-refractivity contribution in [3.05, 3.63) is 12.4 Å². The molecule has 1 aromatic rings. The van der Waals surface area contributed by atoms with Gasteiger partial charge in [-0.1, -0.05) is 13.3 Å². The molecule has 1 aliphatic rings. The molecule has 0 bridgehead atoms. The lowest BCUT2D eigenvalue weighted by atomic mass is 9.97. The van der Waals surface area contributed by atoms with Crippen molar-refractivity contribution in [3.63, 3.8) is 0 Å². The van der Waals surface area contributed by atoms with Crippen LogP contribution in [0, 0.1) is 5.92 Å². The van der Waals surface area contributed by atoms with Crippen LogP contribution in [0.15, 0.2) is 17.3 Å². The molecular formula is C12H22N4O2S. The van der Waals surface area contributed by atoms with Gasteiger partial charge in [0.15, 0.2) is 0 Å². The van der Waals surface area contributed by atoms with Crippen molar-refractivity contribution in [2.45, 2.75) is 37.6 Å². The van der Waals surface area contributed by atoms with Gasteiger partial charge in [-0.15, -0.1) is 0 Å². The number of aromatic nitrogens is 2. The third-order valence-electron chi connectivity index (χ3n) is 3.66. The summed E-state index contributed by atoms with van der Waals surface area (Å²) in [5, 5.41) is 4.04. The van der Waals surface area contributed by atoms with Gasteiger partial charge in [-0.2, -0.15) is 9.40 Å². The summed E-state index contributed by atoms with van der Waals surface area (Å²) >= 11 is 0. The molecule has 2 heterocycles. The van der Waals surface area contributed by atoms with E-state index in [2.05, 4.69) is 12.0 Å². The average molecular weight is 286 g/mol. The van der Waals surface area contributed by atoms with Crippen LogP contribution in [0.1, 0.15) is 26.2 Å². The normalized spacial score (nSPS) is 21.7. The third kappa shape index (κ3) is 3.16. The number of hydrogen-bond donors (Lipinski definition) is 1. The van der Waals surface area contributed by atoms with E-state index in [1.807, 2.05) is 0 Å². The maximum Gasteiger partial charge on any atom is 0.246 e. The summed E-state index contributed by atoms with van der Waals surface area (Å²) in [5.74, 6) is 0.475. The Morgan fingerprint density at radius 1 is 1.53 bits per heavy atom. The van der Waals surface area contributed by atoms with Gasteiger partial charge in [0.25, 0.3) is 0 Å². The van der Waals surface area contributed by atoms with Crippen molar-refractivity contribution in [2.24, 2.45) is 11.7 Å². The van der Waals surface area contributed by atoms with Gasteiger partial charge in [0.2, 0.25) is 10.0 Å². The van der Waals surface area contributed by atoms with E-state index in [-0.39, 0.29) is 4.90 Å². The highest BCUT2D eigenvalue weighted by Crippen LogP contribution is 2.24. The van der Waals surface area contributed by atoms with Gasteiger partial charge in [0.05, 0.1) is 12.7 Å². The zero-order valence-corrected chi connectivity index (χ0v) is 12.1. The molecule has 0 saturated carbocycles. The molecule has 0 aromatic carbocycles.